The molecule has 0 aliphatic heterocycles. The molecule has 186 valence electrons. The summed E-state index contributed by atoms with van der Waals surface area (Å²) in [5.41, 5.74) is -0.164. The van der Waals surface area contributed by atoms with Gasteiger partial charge in [0.25, 0.3) is 5.56 Å². The lowest BCUT2D eigenvalue weighted by Crippen LogP contribution is -2.24. The van der Waals surface area contributed by atoms with Crippen molar-refractivity contribution in [3.63, 3.8) is 0 Å². The first-order chi connectivity index (χ1) is 17.1. The van der Waals surface area contributed by atoms with Crippen LogP contribution in [0.3, 0.4) is 0 Å². The van der Waals surface area contributed by atoms with E-state index in [0.717, 1.165) is 32.8 Å². The van der Waals surface area contributed by atoms with Gasteiger partial charge in [-0.1, -0.05) is 30.0 Å². The van der Waals surface area contributed by atoms with Crippen LogP contribution in [-0.2, 0) is 14.8 Å². The van der Waals surface area contributed by atoms with Gasteiger partial charge in [0, 0.05) is 25.8 Å². The van der Waals surface area contributed by atoms with Crippen LogP contribution in [0.1, 0.15) is 0 Å². The smallest absolute Gasteiger partial charge is 0.266 e. The number of sulfonamides is 1. The number of hydrogen-bond donors (Lipinski definition) is 1. The summed E-state index contributed by atoms with van der Waals surface area (Å²) < 4.78 is 54.9. The molecule has 4 rings (SSSR count). The zero-order chi connectivity index (χ0) is 26.0. The highest BCUT2D eigenvalue weighted by Crippen LogP contribution is 2.24. The fourth-order valence-electron chi connectivity index (χ4n) is 3.36. The normalized spacial score (nSPS) is 11.7. The number of nitrogens with one attached hydrogen (secondary N) is 1. The predicted octanol–water partition coefficient (Wildman–Crippen LogP) is 3.65. The summed E-state index contributed by atoms with van der Waals surface area (Å²) in [6.07, 6.45) is 0. The number of amides is 1. The Morgan fingerprint density at radius 3 is 2.53 bits per heavy atom. The minimum Gasteiger partial charge on any atom is -0.325 e. The molecule has 1 aromatic heterocycles. The number of fused-ring (bicyclic) bond motifs is 1. The molecule has 1 N–H and O–H groups in total. The molecular formula is C24H20F2N4O4S2. The zero-order valence-corrected chi connectivity index (χ0v) is 20.7. The Kier molecular flexibility index (Phi) is 7.20. The van der Waals surface area contributed by atoms with Crippen molar-refractivity contribution in [2.45, 2.75) is 10.1 Å². The Bertz CT molecular complexity index is 1640. The van der Waals surface area contributed by atoms with Gasteiger partial charge in [-0.2, -0.15) is 0 Å². The van der Waals surface area contributed by atoms with E-state index in [2.05, 4.69) is 10.3 Å². The molecule has 0 fully saturated rings. The Hall–Kier alpha value is -3.61. The second-order valence-corrected chi connectivity index (χ2v) is 10.9. The van der Waals surface area contributed by atoms with E-state index in [0.29, 0.717) is 11.6 Å². The Balaban J connectivity index is 1.64. The highest BCUT2D eigenvalue weighted by Gasteiger charge is 2.19. The van der Waals surface area contributed by atoms with Crippen molar-refractivity contribution in [3.05, 3.63) is 88.7 Å². The second-order valence-electron chi connectivity index (χ2n) is 7.80. The van der Waals surface area contributed by atoms with E-state index in [9.17, 15) is 26.8 Å². The Morgan fingerprint density at radius 1 is 1.06 bits per heavy atom. The average Bonchev–Trinajstić information content (AvgIpc) is 2.84. The number of nitrogens with zero attached hydrogens (tertiary/aromatic N) is 3. The van der Waals surface area contributed by atoms with Gasteiger partial charge in [0.15, 0.2) is 5.16 Å². The summed E-state index contributed by atoms with van der Waals surface area (Å²) >= 11 is 0.879. The van der Waals surface area contributed by atoms with E-state index in [1.165, 1.54) is 38.4 Å². The van der Waals surface area contributed by atoms with Crippen molar-refractivity contribution in [1.29, 1.82) is 0 Å². The molecule has 1 amide bonds. The topological polar surface area (TPSA) is 101 Å². The lowest BCUT2D eigenvalue weighted by Gasteiger charge is -2.14. The monoisotopic (exact) mass is 530 g/mol. The number of anilines is 1. The van der Waals surface area contributed by atoms with E-state index in [-0.39, 0.29) is 32.6 Å². The number of carbonyl (C=O) groups is 1. The van der Waals surface area contributed by atoms with Crippen molar-refractivity contribution in [2.75, 3.05) is 25.2 Å². The molecule has 0 spiro atoms. The fourth-order valence-corrected chi connectivity index (χ4v) is 5.11. The maximum absolute atomic E-state index is 14.6. The van der Waals surface area contributed by atoms with E-state index in [4.69, 9.17) is 0 Å². The van der Waals surface area contributed by atoms with E-state index < -0.39 is 33.1 Å². The van der Waals surface area contributed by atoms with Gasteiger partial charge in [-0.3, -0.25) is 14.2 Å². The summed E-state index contributed by atoms with van der Waals surface area (Å²) in [5.74, 6) is -2.49. The van der Waals surface area contributed by atoms with Crippen LogP contribution in [0.15, 0.2) is 81.6 Å². The minimum absolute atomic E-state index is 0.00905. The lowest BCUT2D eigenvalue weighted by atomic mass is 10.2. The molecule has 0 saturated carbocycles. The largest absolute Gasteiger partial charge is 0.325 e. The Labute approximate surface area is 209 Å². The van der Waals surface area contributed by atoms with Gasteiger partial charge in [0.05, 0.1) is 27.2 Å². The van der Waals surface area contributed by atoms with Crippen LogP contribution in [-0.4, -0.2) is 48.0 Å². The molecule has 1 heterocycles. The molecule has 3 aromatic carbocycles. The van der Waals surface area contributed by atoms with Gasteiger partial charge in [-0.05, 0) is 42.5 Å². The summed E-state index contributed by atoms with van der Waals surface area (Å²) in [6.45, 7) is 0. The highest BCUT2D eigenvalue weighted by molar-refractivity contribution is 7.99. The van der Waals surface area contributed by atoms with E-state index in [1.54, 1.807) is 24.3 Å². The molecular weight excluding hydrogens is 510 g/mol. The number of carbonyl (C=O) groups excluding carboxylic acids is 1. The fraction of sp³-hybridized carbons (Fsp3) is 0.125. The molecule has 0 aliphatic carbocycles. The van der Waals surface area contributed by atoms with Crippen LogP contribution in [0.5, 0.6) is 0 Å². The molecule has 0 radical (unpaired) electrons. The highest BCUT2D eigenvalue weighted by atomic mass is 32.2. The van der Waals surface area contributed by atoms with E-state index >= 15 is 0 Å². The van der Waals surface area contributed by atoms with Crippen LogP contribution >= 0.6 is 11.8 Å². The van der Waals surface area contributed by atoms with Crippen molar-refractivity contribution < 1.29 is 22.0 Å². The molecule has 36 heavy (non-hydrogen) atoms. The zero-order valence-electron chi connectivity index (χ0n) is 19.1. The van der Waals surface area contributed by atoms with Gasteiger partial charge >= 0.3 is 0 Å². The van der Waals surface area contributed by atoms with Crippen LogP contribution in [0, 0.1) is 11.6 Å². The molecule has 0 aliphatic rings. The van der Waals surface area contributed by atoms with Gasteiger partial charge in [0.2, 0.25) is 15.9 Å². The molecule has 0 unspecified atom stereocenters. The maximum atomic E-state index is 14.6. The molecule has 12 heteroatoms. The van der Waals surface area contributed by atoms with Crippen LogP contribution in [0.4, 0.5) is 14.5 Å². The summed E-state index contributed by atoms with van der Waals surface area (Å²) in [6, 6.07) is 15.1. The number of hydrogen-bond acceptors (Lipinski definition) is 6. The lowest BCUT2D eigenvalue weighted by molar-refractivity contribution is -0.113. The number of para-hydroxylation sites is 1. The quantitative estimate of drug-likeness (QED) is 0.289. The predicted molar refractivity (Wildman–Crippen MR) is 134 cm³/mol. The summed E-state index contributed by atoms with van der Waals surface area (Å²) in [4.78, 5) is 30.3. The number of thioether (sulfide) groups is 1. The second kappa shape index (κ2) is 10.2. The third-order valence-corrected chi connectivity index (χ3v) is 7.87. The number of halogens is 2. The third-order valence-electron chi connectivity index (χ3n) is 5.12. The van der Waals surface area contributed by atoms with Crippen molar-refractivity contribution in [2.24, 2.45) is 0 Å². The Morgan fingerprint density at radius 2 is 1.81 bits per heavy atom. The standard InChI is InChI=1S/C24H20F2N4O4S2/c1-29(2)36(33,34)17-7-5-6-16(13-17)27-22(31)14-35-24-28-20-9-4-3-8-18(20)23(32)30(24)21-11-10-15(25)12-19(21)26/h3-13H,14H2,1-2H3,(H,27,31). The van der Waals surface area contributed by atoms with Crippen LogP contribution < -0.4 is 10.9 Å². The molecule has 0 bridgehead atoms. The van der Waals surface area contributed by atoms with Crippen molar-refractivity contribution in [1.82, 2.24) is 13.9 Å². The van der Waals surface area contributed by atoms with Gasteiger partial charge < -0.3 is 5.32 Å². The van der Waals surface area contributed by atoms with Gasteiger partial charge in [0.1, 0.15) is 11.6 Å². The van der Waals surface area contributed by atoms with Crippen molar-refractivity contribution >= 4 is 44.3 Å². The molecule has 0 saturated heterocycles. The number of aromatic nitrogens is 2. The van der Waals surface area contributed by atoms with E-state index in [1.807, 2.05) is 0 Å². The number of rotatable bonds is 7. The SMILES string of the molecule is CN(C)S(=O)(=O)c1cccc(NC(=O)CSc2nc3ccccc3c(=O)n2-c2ccc(F)cc2F)c1. The van der Waals surface area contributed by atoms with Gasteiger partial charge in [-0.15, -0.1) is 0 Å². The molecule has 8 nitrogen and oxygen atoms in total. The minimum atomic E-state index is -3.69. The third kappa shape index (κ3) is 5.15. The van der Waals surface area contributed by atoms with Crippen LogP contribution in [0.2, 0.25) is 0 Å². The molecule has 0 atom stereocenters. The maximum Gasteiger partial charge on any atom is 0.266 e. The number of benzene rings is 3. The average molecular weight is 531 g/mol. The van der Waals surface area contributed by atoms with Crippen molar-refractivity contribution in [3.8, 4) is 5.69 Å². The summed E-state index contributed by atoms with van der Waals surface area (Å²) in [7, 11) is -0.893. The summed E-state index contributed by atoms with van der Waals surface area (Å²) in [5, 5.41) is 2.87. The van der Waals surface area contributed by atoms with Gasteiger partial charge in [-0.25, -0.2) is 26.5 Å². The first kappa shape index (κ1) is 25.5. The molecule has 4 aromatic rings. The van der Waals surface area contributed by atoms with Crippen LogP contribution in [0.25, 0.3) is 16.6 Å². The first-order valence-corrected chi connectivity index (χ1v) is 12.9. The first-order valence-electron chi connectivity index (χ1n) is 10.5.